The number of imidazole rings is 1. The third-order valence-electron chi connectivity index (χ3n) is 6.15. The maximum atomic E-state index is 6.23. The standard InChI is InChI=1S/C20H33N5OSi/c1-14-9-15(21)10-16(14)18-11-22-19-12-23-20-17(25(18)19)5-6-24(20)13-26-7-8-27(2,3)4/h5-6,11-12,14-17,20H,7-10,13,21H2,1-4H3. The number of aromatic nitrogens is 2. The number of fused-ring (bicyclic) bond motifs is 3. The molecule has 0 aromatic carbocycles. The van der Waals surface area contributed by atoms with E-state index in [-0.39, 0.29) is 12.2 Å². The van der Waals surface area contributed by atoms with E-state index in [9.17, 15) is 0 Å². The van der Waals surface area contributed by atoms with Gasteiger partial charge in [-0.25, -0.2) is 4.98 Å². The molecule has 1 aromatic heterocycles. The minimum absolute atomic E-state index is 0.0720. The highest BCUT2D eigenvalue weighted by atomic mass is 28.3. The summed E-state index contributed by atoms with van der Waals surface area (Å²) >= 11 is 0. The van der Waals surface area contributed by atoms with Crippen LogP contribution in [0.1, 0.15) is 43.2 Å². The van der Waals surface area contributed by atoms with Gasteiger partial charge in [0, 0.05) is 44.7 Å². The topological polar surface area (TPSA) is 68.7 Å². The van der Waals surface area contributed by atoms with Gasteiger partial charge in [0.25, 0.3) is 0 Å². The summed E-state index contributed by atoms with van der Waals surface area (Å²) in [6, 6.07) is 1.70. The molecule has 5 atom stereocenters. The number of hydrogen-bond donors (Lipinski definition) is 1. The van der Waals surface area contributed by atoms with Gasteiger partial charge in [0.2, 0.25) is 0 Å². The van der Waals surface area contributed by atoms with Crippen LogP contribution in [0.3, 0.4) is 0 Å². The van der Waals surface area contributed by atoms with Gasteiger partial charge in [-0.15, -0.1) is 0 Å². The second-order valence-electron chi connectivity index (χ2n) is 9.61. The lowest BCUT2D eigenvalue weighted by Crippen LogP contribution is -2.37. The van der Waals surface area contributed by atoms with Crippen LogP contribution < -0.4 is 5.73 Å². The van der Waals surface area contributed by atoms with Gasteiger partial charge in [-0.1, -0.05) is 26.6 Å². The van der Waals surface area contributed by atoms with Crippen molar-refractivity contribution in [2.75, 3.05) is 13.3 Å². The Bertz CT molecular complexity index is 737. The Hall–Kier alpha value is -1.44. The first-order valence-corrected chi connectivity index (χ1v) is 13.9. The normalized spacial score (nSPS) is 32.2. The van der Waals surface area contributed by atoms with E-state index in [1.807, 2.05) is 12.4 Å². The van der Waals surface area contributed by atoms with Crippen molar-refractivity contribution < 1.29 is 4.74 Å². The average molecular weight is 388 g/mol. The van der Waals surface area contributed by atoms with Crippen molar-refractivity contribution in [3.05, 3.63) is 30.0 Å². The molecule has 0 radical (unpaired) electrons. The molecule has 6 nitrogen and oxygen atoms in total. The summed E-state index contributed by atoms with van der Waals surface area (Å²) in [6.45, 7) is 10.9. The van der Waals surface area contributed by atoms with Gasteiger partial charge in [-0.3, -0.25) is 4.99 Å². The van der Waals surface area contributed by atoms with Crippen molar-refractivity contribution in [1.29, 1.82) is 0 Å². The molecule has 2 aliphatic heterocycles. The van der Waals surface area contributed by atoms with Crippen LogP contribution in [0.4, 0.5) is 0 Å². The maximum absolute atomic E-state index is 6.23. The van der Waals surface area contributed by atoms with Crippen LogP contribution in [0.15, 0.2) is 23.5 Å². The molecule has 0 amide bonds. The molecule has 7 heteroatoms. The van der Waals surface area contributed by atoms with Crippen molar-refractivity contribution in [2.24, 2.45) is 16.6 Å². The smallest absolute Gasteiger partial charge is 0.151 e. The molecule has 3 heterocycles. The first-order valence-electron chi connectivity index (χ1n) is 10.2. The van der Waals surface area contributed by atoms with E-state index >= 15 is 0 Å². The number of nitrogens with two attached hydrogens (primary N) is 1. The van der Waals surface area contributed by atoms with Crippen LogP contribution in [-0.2, 0) is 4.74 Å². The van der Waals surface area contributed by atoms with Crippen molar-refractivity contribution in [3.8, 4) is 0 Å². The highest BCUT2D eigenvalue weighted by Crippen LogP contribution is 2.42. The van der Waals surface area contributed by atoms with E-state index in [1.165, 1.54) is 11.7 Å². The molecule has 1 aliphatic carbocycles. The van der Waals surface area contributed by atoms with E-state index in [2.05, 4.69) is 53.3 Å². The number of aliphatic imine (C=N–C) groups is 1. The summed E-state index contributed by atoms with van der Waals surface area (Å²) in [4.78, 5) is 11.6. The molecule has 0 spiro atoms. The summed E-state index contributed by atoms with van der Waals surface area (Å²) in [6.07, 6.45) is 10.6. The fourth-order valence-corrected chi connectivity index (χ4v) is 5.34. The Kier molecular flexibility index (Phi) is 5.03. The maximum Gasteiger partial charge on any atom is 0.151 e. The molecule has 1 saturated carbocycles. The van der Waals surface area contributed by atoms with Gasteiger partial charge in [0.15, 0.2) is 5.82 Å². The van der Waals surface area contributed by atoms with Crippen molar-refractivity contribution >= 4 is 14.3 Å². The van der Waals surface area contributed by atoms with E-state index in [4.69, 9.17) is 15.5 Å². The molecule has 27 heavy (non-hydrogen) atoms. The van der Waals surface area contributed by atoms with Crippen LogP contribution in [0.2, 0.25) is 25.7 Å². The largest absolute Gasteiger partial charge is 0.361 e. The minimum Gasteiger partial charge on any atom is -0.361 e. The Balaban J connectivity index is 1.46. The monoisotopic (exact) mass is 387 g/mol. The van der Waals surface area contributed by atoms with Crippen LogP contribution in [0.25, 0.3) is 0 Å². The Morgan fingerprint density at radius 3 is 2.81 bits per heavy atom. The van der Waals surface area contributed by atoms with Crippen LogP contribution in [-0.4, -0.2) is 54.3 Å². The summed E-state index contributed by atoms with van der Waals surface area (Å²) in [7, 11) is -1.06. The summed E-state index contributed by atoms with van der Waals surface area (Å²) < 4.78 is 8.35. The molecule has 0 bridgehead atoms. The Labute approximate surface area is 163 Å². The van der Waals surface area contributed by atoms with Gasteiger partial charge in [-0.05, 0) is 30.9 Å². The number of rotatable bonds is 6. The van der Waals surface area contributed by atoms with Gasteiger partial charge < -0.3 is 19.9 Å². The van der Waals surface area contributed by atoms with Crippen LogP contribution in [0.5, 0.6) is 0 Å². The summed E-state index contributed by atoms with van der Waals surface area (Å²) in [5, 5.41) is 0. The number of nitrogens with zero attached hydrogens (tertiary/aromatic N) is 4. The Morgan fingerprint density at radius 1 is 1.30 bits per heavy atom. The quantitative estimate of drug-likeness (QED) is 0.601. The first-order chi connectivity index (χ1) is 12.8. The van der Waals surface area contributed by atoms with Crippen molar-refractivity contribution in [3.63, 3.8) is 0 Å². The molecule has 5 unspecified atom stereocenters. The molecule has 4 rings (SSSR count). The van der Waals surface area contributed by atoms with E-state index < -0.39 is 8.07 Å². The van der Waals surface area contributed by atoms with E-state index in [0.29, 0.717) is 24.6 Å². The van der Waals surface area contributed by atoms with Gasteiger partial charge >= 0.3 is 0 Å². The highest BCUT2D eigenvalue weighted by Gasteiger charge is 2.39. The minimum atomic E-state index is -1.06. The third kappa shape index (κ3) is 3.77. The van der Waals surface area contributed by atoms with Crippen molar-refractivity contribution in [1.82, 2.24) is 14.5 Å². The zero-order valence-corrected chi connectivity index (χ0v) is 18.0. The molecular formula is C20H33N5OSi. The number of hydrogen-bond acceptors (Lipinski definition) is 5. The predicted octanol–water partition coefficient (Wildman–Crippen LogP) is 3.17. The van der Waals surface area contributed by atoms with Crippen LogP contribution >= 0.6 is 0 Å². The highest BCUT2D eigenvalue weighted by molar-refractivity contribution is 6.76. The summed E-state index contributed by atoms with van der Waals surface area (Å²) in [5.41, 5.74) is 7.55. The summed E-state index contributed by atoms with van der Waals surface area (Å²) in [5.74, 6) is 2.05. The number of ether oxygens (including phenoxy) is 1. The van der Waals surface area contributed by atoms with Gasteiger partial charge in [0.1, 0.15) is 12.9 Å². The van der Waals surface area contributed by atoms with Crippen molar-refractivity contribution in [2.45, 2.75) is 69.6 Å². The first kappa shape index (κ1) is 18.9. The molecular weight excluding hydrogens is 354 g/mol. The van der Waals surface area contributed by atoms with Crippen LogP contribution in [0, 0.1) is 5.92 Å². The zero-order valence-electron chi connectivity index (χ0n) is 17.0. The molecule has 0 saturated heterocycles. The zero-order chi connectivity index (χ0) is 19.2. The molecule has 1 fully saturated rings. The lowest BCUT2D eigenvalue weighted by atomic mass is 9.94. The fourth-order valence-electron chi connectivity index (χ4n) is 4.58. The lowest BCUT2D eigenvalue weighted by Gasteiger charge is -2.32. The van der Waals surface area contributed by atoms with Gasteiger partial charge in [-0.2, -0.15) is 0 Å². The van der Waals surface area contributed by atoms with Gasteiger partial charge in [0.05, 0.1) is 12.3 Å². The van der Waals surface area contributed by atoms with E-state index in [1.54, 1.807) is 0 Å². The SMILES string of the molecule is CC1CC(N)CC1c1cnc2n1C1C=CN(COCC[Si](C)(C)C)C1N=C2. The fraction of sp³-hybridized carbons (Fsp3) is 0.700. The second kappa shape index (κ2) is 7.18. The second-order valence-corrected chi connectivity index (χ2v) is 15.2. The molecule has 148 valence electrons. The third-order valence-corrected chi connectivity index (χ3v) is 7.85. The lowest BCUT2D eigenvalue weighted by molar-refractivity contribution is 0.0408. The molecule has 3 aliphatic rings. The Morgan fingerprint density at radius 2 is 2.11 bits per heavy atom. The predicted molar refractivity (Wildman–Crippen MR) is 112 cm³/mol. The molecule has 2 N–H and O–H groups in total. The molecule has 1 aromatic rings. The van der Waals surface area contributed by atoms with E-state index in [0.717, 1.165) is 25.3 Å². The average Bonchev–Trinajstić information content (AvgIpc) is 3.26.